The summed E-state index contributed by atoms with van der Waals surface area (Å²) < 4.78 is 5.52. The van der Waals surface area contributed by atoms with Gasteiger partial charge in [0, 0.05) is 23.5 Å². The van der Waals surface area contributed by atoms with Crippen molar-refractivity contribution in [3.05, 3.63) is 90.4 Å². The zero-order valence-electron chi connectivity index (χ0n) is 15.6. The number of aromatic amines is 1. The van der Waals surface area contributed by atoms with Crippen LogP contribution in [0.25, 0.3) is 10.9 Å². The second kappa shape index (κ2) is 7.96. The van der Waals surface area contributed by atoms with E-state index in [9.17, 15) is 5.11 Å². The first-order valence-corrected chi connectivity index (χ1v) is 9.29. The number of rotatable bonds is 6. The van der Waals surface area contributed by atoms with Gasteiger partial charge in [-0.15, -0.1) is 0 Å². The summed E-state index contributed by atoms with van der Waals surface area (Å²) in [5, 5.41) is 15.4. The van der Waals surface area contributed by atoms with E-state index in [1.807, 2.05) is 79.9 Å². The molecule has 2 heterocycles. The van der Waals surface area contributed by atoms with Crippen LogP contribution in [-0.2, 0) is 0 Å². The Kier molecular flexibility index (Phi) is 5.06. The van der Waals surface area contributed by atoms with Crippen LogP contribution in [0.5, 0.6) is 11.5 Å². The summed E-state index contributed by atoms with van der Waals surface area (Å²) in [5.74, 6) is 1.04. The predicted molar refractivity (Wildman–Crippen MR) is 109 cm³/mol. The lowest BCUT2D eigenvalue weighted by molar-refractivity contribution is -0.345. The Labute approximate surface area is 163 Å². The number of hydrogen-bond donors (Lipinski definition) is 2. The summed E-state index contributed by atoms with van der Waals surface area (Å²) in [6, 6.07) is 21.1. The molecule has 140 valence electrons. The van der Waals surface area contributed by atoms with Crippen molar-refractivity contribution in [1.29, 1.82) is 0 Å². The molecule has 0 aliphatic rings. The monoisotopic (exact) mass is 372 g/mol. The first-order chi connectivity index (χ1) is 13.8. The number of nitrogens with one attached hydrogen (secondary N) is 2. The van der Waals surface area contributed by atoms with Gasteiger partial charge in [-0.1, -0.05) is 12.1 Å². The number of pyridine rings is 2. The molecule has 0 amide bonds. The molecule has 5 nitrogen and oxygen atoms in total. The number of hydrogen-bond acceptors (Lipinski definition) is 4. The number of phenolic OH excluding ortho intramolecular Hbond substituents is 1. The largest absolute Gasteiger partial charge is 0.502 e. The Balaban J connectivity index is 1.75. The van der Waals surface area contributed by atoms with E-state index in [2.05, 4.69) is 15.3 Å². The Bertz CT molecular complexity index is 1070. The van der Waals surface area contributed by atoms with E-state index < -0.39 is 0 Å². The summed E-state index contributed by atoms with van der Waals surface area (Å²) in [6.45, 7) is 2.59. The molecule has 0 fully saturated rings. The van der Waals surface area contributed by atoms with E-state index in [1.54, 1.807) is 6.20 Å². The van der Waals surface area contributed by atoms with Gasteiger partial charge in [0.25, 0.3) is 5.52 Å². The van der Waals surface area contributed by atoms with Gasteiger partial charge in [0.1, 0.15) is 5.75 Å². The number of phenols is 1. The topological polar surface area (TPSA) is 68.5 Å². The van der Waals surface area contributed by atoms with Gasteiger partial charge in [-0.25, -0.2) is 4.98 Å². The van der Waals surface area contributed by atoms with Crippen molar-refractivity contribution in [1.82, 2.24) is 4.98 Å². The van der Waals surface area contributed by atoms with E-state index >= 15 is 0 Å². The lowest BCUT2D eigenvalue weighted by Gasteiger charge is -2.21. The van der Waals surface area contributed by atoms with Crippen molar-refractivity contribution in [2.75, 3.05) is 11.9 Å². The molecule has 4 rings (SSSR count). The minimum Gasteiger partial charge on any atom is -0.502 e. The molecule has 0 aliphatic carbocycles. The fourth-order valence-electron chi connectivity index (χ4n) is 3.27. The predicted octanol–water partition coefficient (Wildman–Crippen LogP) is 4.35. The number of H-pyrrole nitrogens is 1. The highest BCUT2D eigenvalue weighted by Gasteiger charge is 2.22. The van der Waals surface area contributed by atoms with Gasteiger partial charge in [-0.3, -0.25) is 4.98 Å². The highest BCUT2D eigenvalue weighted by atomic mass is 16.5. The van der Waals surface area contributed by atoms with Crippen molar-refractivity contribution in [3.63, 3.8) is 0 Å². The van der Waals surface area contributed by atoms with Gasteiger partial charge in [0.15, 0.2) is 11.9 Å². The number of aromatic nitrogens is 2. The van der Waals surface area contributed by atoms with Crippen LogP contribution in [0.15, 0.2) is 79.1 Å². The Hall–Kier alpha value is -3.60. The zero-order valence-corrected chi connectivity index (χ0v) is 15.6. The lowest BCUT2D eigenvalue weighted by atomic mass is 9.99. The molecule has 5 heteroatoms. The Morgan fingerprint density at radius 2 is 1.89 bits per heavy atom. The normalized spacial score (nSPS) is 11.9. The molecule has 0 bridgehead atoms. The summed E-state index contributed by atoms with van der Waals surface area (Å²) in [6.07, 6.45) is 3.56. The second-order valence-electron chi connectivity index (χ2n) is 6.43. The molecule has 28 heavy (non-hydrogen) atoms. The highest BCUT2D eigenvalue weighted by Crippen LogP contribution is 2.35. The van der Waals surface area contributed by atoms with Gasteiger partial charge in [-0.05, 0) is 55.5 Å². The Morgan fingerprint density at radius 3 is 2.64 bits per heavy atom. The van der Waals surface area contributed by atoms with Crippen LogP contribution in [-0.4, -0.2) is 16.7 Å². The molecule has 0 spiro atoms. The number of nitrogens with zero attached hydrogens (tertiary/aromatic N) is 1. The van der Waals surface area contributed by atoms with Crippen molar-refractivity contribution >= 4 is 16.6 Å². The zero-order chi connectivity index (χ0) is 19.3. The summed E-state index contributed by atoms with van der Waals surface area (Å²) in [5.41, 5.74) is 3.19. The van der Waals surface area contributed by atoms with Crippen molar-refractivity contribution in [2.45, 2.75) is 13.0 Å². The summed E-state index contributed by atoms with van der Waals surface area (Å²) >= 11 is 0. The van der Waals surface area contributed by atoms with Crippen LogP contribution in [0.4, 0.5) is 5.69 Å². The maximum absolute atomic E-state index is 11.0. The number of aromatic hydroxyl groups is 1. The third-order valence-electron chi connectivity index (χ3n) is 4.61. The molecule has 0 saturated heterocycles. The average molecular weight is 372 g/mol. The first kappa shape index (κ1) is 17.8. The standard InChI is InChI=1S/C23H21N3O2/c1-2-28-18-11-9-17(10-12-18)26-22(20-7-3-4-14-24-20)19-13-8-16-6-5-15-25-21(16)23(19)27/h3-15,22,26-27H,2H2,1H3/p+1. The number of benzene rings is 2. The molecule has 3 N–H and O–H groups in total. The third kappa shape index (κ3) is 3.60. The number of fused-ring (bicyclic) bond motifs is 1. The van der Waals surface area contributed by atoms with Gasteiger partial charge < -0.3 is 15.2 Å². The first-order valence-electron chi connectivity index (χ1n) is 9.29. The quantitative estimate of drug-likeness (QED) is 0.528. The van der Waals surface area contributed by atoms with E-state index in [0.717, 1.165) is 28.1 Å². The van der Waals surface area contributed by atoms with Crippen LogP contribution in [0.3, 0.4) is 0 Å². The lowest BCUT2D eigenvalue weighted by Crippen LogP contribution is -2.15. The van der Waals surface area contributed by atoms with E-state index in [1.165, 1.54) is 0 Å². The molecular weight excluding hydrogens is 350 g/mol. The van der Waals surface area contributed by atoms with E-state index in [-0.39, 0.29) is 11.8 Å². The van der Waals surface area contributed by atoms with Gasteiger partial charge in [0.05, 0.1) is 23.7 Å². The minimum atomic E-state index is -0.308. The molecule has 1 atom stereocenters. The summed E-state index contributed by atoms with van der Waals surface area (Å²) in [7, 11) is 0. The highest BCUT2D eigenvalue weighted by molar-refractivity contribution is 5.83. The SMILES string of the molecule is CCOc1ccc(NC(c2ccccn2)c2ccc3ccc[nH+]c3c2O)cc1. The number of ether oxygens (including phenoxy) is 1. The molecule has 0 radical (unpaired) electrons. The smallest absolute Gasteiger partial charge is 0.253 e. The second-order valence-corrected chi connectivity index (χ2v) is 6.43. The fourth-order valence-corrected chi connectivity index (χ4v) is 3.27. The van der Waals surface area contributed by atoms with Crippen molar-refractivity contribution < 1.29 is 14.8 Å². The number of anilines is 1. The van der Waals surface area contributed by atoms with Crippen LogP contribution in [0.2, 0.25) is 0 Å². The molecule has 0 saturated carbocycles. The van der Waals surface area contributed by atoms with Gasteiger partial charge in [-0.2, -0.15) is 0 Å². The van der Waals surface area contributed by atoms with Gasteiger partial charge in [0.2, 0.25) is 0 Å². The van der Waals surface area contributed by atoms with E-state index in [0.29, 0.717) is 12.1 Å². The molecule has 4 aromatic rings. The fraction of sp³-hybridized carbons (Fsp3) is 0.130. The molecule has 2 aromatic carbocycles. The Morgan fingerprint density at radius 1 is 1.04 bits per heavy atom. The van der Waals surface area contributed by atoms with Crippen LogP contribution in [0.1, 0.15) is 24.2 Å². The van der Waals surface area contributed by atoms with Crippen LogP contribution >= 0.6 is 0 Å². The third-order valence-corrected chi connectivity index (χ3v) is 4.61. The van der Waals surface area contributed by atoms with Crippen LogP contribution < -0.4 is 15.0 Å². The molecule has 2 aromatic heterocycles. The molecular formula is C23H22N3O2+. The van der Waals surface area contributed by atoms with Crippen LogP contribution in [0, 0.1) is 0 Å². The minimum absolute atomic E-state index is 0.215. The maximum Gasteiger partial charge on any atom is 0.253 e. The average Bonchev–Trinajstić information content (AvgIpc) is 2.75. The van der Waals surface area contributed by atoms with Crippen molar-refractivity contribution in [3.8, 4) is 11.5 Å². The molecule has 0 aliphatic heterocycles. The summed E-state index contributed by atoms with van der Waals surface area (Å²) in [4.78, 5) is 7.65. The molecule has 1 unspecified atom stereocenters. The van der Waals surface area contributed by atoms with Crippen molar-refractivity contribution in [2.24, 2.45) is 0 Å². The van der Waals surface area contributed by atoms with Gasteiger partial charge >= 0.3 is 0 Å². The maximum atomic E-state index is 11.0. The van der Waals surface area contributed by atoms with E-state index in [4.69, 9.17) is 4.74 Å².